The fourth-order valence-corrected chi connectivity index (χ4v) is 3.09. The van der Waals surface area contributed by atoms with E-state index in [1.54, 1.807) is 58.9 Å². The van der Waals surface area contributed by atoms with Gasteiger partial charge in [0.1, 0.15) is 5.82 Å². The van der Waals surface area contributed by atoms with Gasteiger partial charge in [-0.15, -0.1) is 0 Å². The number of carboxylic acids is 1. The van der Waals surface area contributed by atoms with Gasteiger partial charge in [-0.25, -0.2) is 14.0 Å². The van der Waals surface area contributed by atoms with Crippen LogP contribution < -0.4 is 5.32 Å². The minimum atomic E-state index is -0.904. The third kappa shape index (κ3) is 7.47. The number of halogens is 1. The number of hydrogen-bond acceptors (Lipinski definition) is 6. The van der Waals surface area contributed by atoms with Crippen molar-refractivity contribution < 1.29 is 28.6 Å². The van der Waals surface area contributed by atoms with Crippen molar-refractivity contribution in [1.29, 1.82) is 0 Å². The lowest BCUT2D eigenvalue weighted by Gasteiger charge is -2.08. The van der Waals surface area contributed by atoms with Gasteiger partial charge in [-0.3, -0.25) is 14.8 Å². The molecular formula is C25H26FN3O5. The molecule has 1 amide bonds. The van der Waals surface area contributed by atoms with Gasteiger partial charge in [0.2, 0.25) is 0 Å². The highest BCUT2D eigenvalue weighted by atomic mass is 19.1. The Hall–Kier alpha value is -4.14. The lowest BCUT2D eigenvalue weighted by molar-refractivity contribution is 0.0520. The first-order valence-electron chi connectivity index (χ1n) is 10.4. The van der Waals surface area contributed by atoms with E-state index in [4.69, 9.17) is 9.84 Å². The number of carbonyl (C=O) groups is 3. The Kier molecular flexibility index (Phi) is 8.94. The highest BCUT2D eigenvalue weighted by molar-refractivity contribution is 6.04. The second kappa shape index (κ2) is 11.6. The number of anilines is 1. The van der Waals surface area contributed by atoms with E-state index in [9.17, 15) is 18.8 Å². The number of benzene rings is 1. The van der Waals surface area contributed by atoms with Crippen LogP contribution >= 0.6 is 0 Å². The van der Waals surface area contributed by atoms with Crippen LogP contribution in [0.2, 0.25) is 0 Å². The van der Waals surface area contributed by atoms with E-state index in [0.29, 0.717) is 11.1 Å². The Morgan fingerprint density at radius 1 is 0.882 bits per heavy atom. The molecule has 0 bridgehead atoms. The van der Waals surface area contributed by atoms with Crippen molar-refractivity contribution in [3.8, 4) is 0 Å². The molecule has 0 atom stereocenters. The normalized spacial score (nSPS) is 10.1. The number of hydrogen-bond donors (Lipinski definition) is 2. The zero-order valence-corrected chi connectivity index (χ0v) is 19.6. The molecule has 1 aromatic carbocycles. The van der Waals surface area contributed by atoms with Crippen molar-refractivity contribution in [3.63, 3.8) is 0 Å². The van der Waals surface area contributed by atoms with Crippen LogP contribution in [0.5, 0.6) is 0 Å². The fourth-order valence-electron chi connectivity index (χ4n) is 3.09. The van der Waals surface area contributed by atoms with Crippen molar-refractivity contribution >= 4 is 23.5 Å². The van der Waals surface area contributed by atoms with Crippen LogP contribution in [0.25, 0.3) is 0 Å². The van der Waals surface area contributed by atoms with E-state index in [-0.39, 0.29) is 23.8 Å². The maximum absolute atomic E-state index is 13.9. The lowest BCUT2D eigenvalue weighted by atomic mass is 10.1. The predicted molar refractivity (Wildman–Crippen MR) is 125 cm³/mol. The quantitative estimate of drug-likeness (QED) is 0.524. The van der Waals surface area contributed by atoms with E-state index in [1.165, 1.54) is 12.1 Å². The van der Waals surface area contributed by atoms with E-state index >= 15 is 0 Å². The minimum Gasteiger partial charge on any atom is -0.478 e. The van der Waals surface area contributed by atoms with Gasteiger partial charge < -0.3 is 15.2 Å². The molecule has 34 heavy (non-hydrogen) atoms. The van der Waals surface area contributed by atoms with E-state index < -0.39 is 17.8 Å². The number of nitrogens with zero attached hydrogens (tertiary/aromatic N) is 2. The van der Waals surface area contributed by atoms with Crippen molar-refractivity contribution in [3.05, 3.63) is 87.7 Å². The molecule has 2 N–H and O–H groups in total. The van der Waals surface area contributed by atoms with Crippen LogP contribution in [0.4, 0.5) is 10.1 Å². The minimum absolute atomic E-state index is 0.164. The number of amides is 1. The van der Waals surface area contributed by atoms with Crippen LogP contribution in [-0.2, 0) is 4.74 Å². The van der Waals surface area contributed by atoms with Crippen molar-refractivity contribution in [2.75, 3.05) is 11.9 Å². The molecule has 178 valence electrons. The number of nitrogens with one attached hydrogen (secondary N) is 1. The summed E-state index contributed by atoms with van der Waals surface area (Å²) in [5, 5.41) is 11.2. The smallest absolute Gasteiger partial charge is 0.341 e. The molecule has 9 heteroatoms. The Morgan fingerprint density at radius 2 is 1.38 bits per heavy atom. The zero-order chi connectivity index (χ0) is 25.4. The zero-order valence-electron chi connectivity index (χ0n) is 19.6. The first kappa shape index (κ1) is 26.1. The van der Waals surface area contributed by atoms with Crippen molar-refractivity contribution in [2.24, 2.45) is 0 Å². The number of esters is 1. The summed E-state index contributed by atoms with van der Waals surface area (Å²) < 4.78 is 18.7. The highest BCUT2D eigenvalue weighted by Crippen LogP contribution is 2.17. The molecule has 0 aliphatic rings. The molecule has 3 rings (SSSR count). The van der Waals surface area contributed by atoms with Crippen molar-refractivity contribution in [1.82, 2.24) is 9.97 Å². The van der Waals surface area contributed by atoms with E-state index in [0.717, 1.165) is 28.8 Å². The molecular weight excluding hydrogens is 441 g/mol. The van der Waals surface area contributed by atoms with Gasteiger partial charge >= 0.3 is 11.9 Å². The average molecular weight is 467 g/mol. The standard InChI is InChI=1S/C17H17FN2O3.C8H9NO2/c1-4-23-17(22)14-6-5-13(9-15(14)18)20-16(21)12-7-10(2)19-11(3)8-12;1-5-3-7(8(10)11)4-6(2)9-5/h5-9H,4H2,1-3H3,(H,20,21);3-4H,1-2H3,(H,10,11). The summed E-state index contributed by atoms with van der Waals surface area (Å²) >= 11 is 0. The molecule has 0 saturated carbocycles. The van der Waals surface area contributed by atoms with Gasteiger partial charge in [0.25, 0.3) is 5.91 Å². The van der Waals surface area contributed by atoms with E-state index in [2.05, 4.69) is 15.3 Å². The first-order chi connectivity index (χ1) is 16.0. The number of ether oxygens (including phenoxy) is 1. The van der Waals surface area contributed by atoms with Gasteiger partial charge in [0.15, 0.2) is 0 Å². The molecule has 0 aliphatic heterocycles. The maximum atomic E-state index is 13.9. The molecule has 2 aromatic heterocycles. The Bertz CT molecular complexity index is 1190. The van der Waals surface area contributed by atoms with Crippen LogP contribution in [0.3, 0.4) is 0 Å². The second-order valence-electron chi connectivity index (χ2n) is 7.45. The average Bonchev–Trinajstić information content (AvgIpc) is 2.73. The molecule has 0 saturated heterocycles. The third-order valence-corrected chi connectivity index (χ3v) is 4.39. The molecule has 3 aromatic rings. The van der Waals surface area contributed by atoms with Gasteiger partial charge in [-0.05, 0) is 77.1 Å². The number of carboxylic acid groups (broad SMARTS) is 1. The van der Waals surface area contributed by atoms with Gasteiger partial charge in [0, 0.05) is 34.0 Å². The first-order valence-corrected chi connectivity index (χ1v) is 10.4. The molecule has 0 unspecified atom stereocenters. The summed E-state index contributed by atoms with van der Waals surface area (Å²) in [5.74, 6) is -2.76. The number of aryl methyl sites for hydroxylation is 4. The number of rotatable bonds is 5. The maximum Gasteiger partial charge on any atom is 0.341 e. The number of aromatic nitrogens is 2. The summed E-state index contributed by atoms with van der Waals surface area (Å²) in [6.45, 7) is 8.94. The summed E-state index contributed by atoms with van der Waals surface area (Å²) in [6.07, 6.45) is 0. The number of aromatic carboxylic acids is 1. The molecule has 0 spiro atoms. The van der Waals surface area contributed by atoms with Crippen LogP contribution in [0.15, 0.2) is 42.5 Å². The van der Waals surface area contributed by atoms with Crippen molar-refractivity contribution in [2.45, 2.75) is 34.6 Å². The molecule has 2 heterocycles. The van der Waals surface area contributed by atoms with Gasteiger partial charge in [0.05, 0.1) is 17.7 Å². The van der Waals surface area contributed by atoms with E-state index in [1.807, 2.05) is 0 Å². The molecule has 8 nitrogen and oxygen atoms in total. The van der Waals surface area contributed by atoms with Gasteiger partial charge in [-0.1, -0.05) is 0 Å². The molecule has 0 radical (unpaired) electrons. The highest BCUT2D eigenvalue weighted by Gasteiger charge is 2.15. The summed E-state index contributed by atoms with van der Waals surface area (Å²) in [5.41, 5.74) is 3.75. The summed E-state index contributed by atoms with van der Waals surface area (Å²) in [7, 11) is 0. The Balaban J connectivity index is 0.000000310. The summed E-state index contributed by atoms with van der Waals surface area (Å²) in [4.78, 5) is 42.5. The number of pyridine rings is 2. The number of carbonyl (C=O) groups excluding carboxylic acids is 2. The molecule has 0 fully saturated rings. The second-order valence-corrected chi connectivity index (χ2v) is 7.45. The largest absolute Gasteiger partial charge is 0.478 e. The van der Waals surface area contributed by atoms with Gasteiger partial charge in [-0.2, -0.15) is 0 Å². The monoisotopic (exact) mass is 467 g/mol. The predicted octanol–water partition coefficient (Wildman–Crippen LogP) is 4.66. The third-order valence-electron chi connectivity index (χ3n) is 4.39. The Labute approximate surface area is 196 Å². The summed E-state index contributed by atoms with van der Waals surface area (Å²) in [6, 6.07) is 10.2. The lowest BCUT2D eigenvalue weighted by Crippen LogP contribution is -2.14. The van der Waals surface area contributed by atoms with Crippen LogP contribution in [-0.4, -0.2) is 39.5 Å². The topological polar surface area (TPSA) is 118 Å². The Morgan fingerprint density at radius 3 is 1.82 bits per heavy atom. The SMILES string of the molecule is CCOC(=O)c1ccc(NC(=O)c2cc(C)nc(C)c2)cc1F.Cc1cc(C(=O)O)cc(C)n1. The van der Waals surface area contributed by atoms with Crippen LogP contribution in [0, 0.1) is 33.5 Å². The van der Waals surface area contributed by atoms with Crippen LogP contribution in [0.1, 0.15) is 60.8 Å². The fraction of sp³-hybridized carbons (Fsp3) is 0.240. The molecule has 0 aliphatic carbocycles.